The molecule has 0 amide bonds. The highest BCUT2D eigenvalue weighted by Crippen LogP contribution is 2.68. The molecule has 0 heterocycles. The molecule has 0 bridgehead atoms. The summed E-state index contributed by atoms with van der Waals surface area (Å²) >= 11 is 0. The van der Waals surface area contributed by atoms with E-state index in [9.17, 15) is 29.1 Å². The van der Waals surface area contributed by atoms with Gasteiger partial charge in [-0.15, -0.1) is 0 Å². The molecule has 5 rings (SSSR count). The lowest BCUT2D eigenvalue weighted by atomic mass is 9.45. The van der Waals surface area contributed by atoms with Crippen molar-refractivity contribution in [1.29, 1.82) is 0 Å². The zero-order valence-electron chi connectivity index (χ0n) is 32.8. The SMILES string of the molecule is C[C@]12CCC(=O)C=C1CCC1C3CC[C@](OC(=O)CCCON(O)O)(C(=O)COC(=O)Oc4ccc(C[C@H](N)C(=O)OCCCCON(O)O)cc4)[C@@]3(C)C[C@H](O)[C@@H]12. The zero-order chi connectivity index (χ0) is 42.3. The molecule has 7 N–H and O–H groups in total. The highest BCUT2D eigenvalue weighted by atomic mass is 17.1. The van der Waals surface area contributed by atoms with Crippen LogP contribution in [0.1, 0.15) is 90.0 Å². The van der Waals surface area contributed by atoms with Crippen molar-refractivity contribution in [2.45, 2.75) is 109 Å². The van der Waals surface area contributed by atoms with Crippen molar-refractivity contribution >= 4 is 29.7 Å². The third-order valence-electron chi connectivity index (χ3n) is 12.7. The van der Waals surface area contributed by atoms with Crippen molar-refractivity contribution in [1.82, 2.24) is 10.8 Å². The molecule has 3 saturated carbocycles. The van der Waals surface area contributed by atoms with Crippen LogP contribution < -0.4 is 10.5 Å². The predicted molar refractivity (Wildman–Crippen MR) is 194 cm³/mol. The Morgan fingerprint density at radius 2 is 1.57 bits per heavy atom. The van der Waals surface area contributed by atoms with Crippen LogP contribution in [0.5, 0.6) is 5.75 Å². The van der Waals surface area contributed by atoms with Gasteiger partial charge in [-0.1, -0.05) is 31.6 Å². The molecular formula is C39H55N3O16. The van der Waals surface area contributed by atoms with Crippen LogP contribution in [0, 0.1) is 28.6 Å². The summed E-state index contributed by atoms with van der Waals surface area (Å²) in [5.41, 5.74) is 4.48. The first-order chi connectivity index (χ1) is 27.5. The molecule has 0 aliphatic heterocycles. The minimum absolute atomic E-state index is 0.0115. The summed E-state index contributed by atoms with van der Waals surface area (Å²) in [4.78, 5) is 74.2. The van der Waals surface area contributed by atoms with Gasteiger partial charge in [-0.2, -0.15) is 0 Å². The van der Waals surface area contributed by atoms with Gasteiger partial charge in [0.25, 0.3) is 0 Å². The number of carbonyl (C=O) groups excluding carboxylic acids is 5. The first-order valence-corrected chi connectivity index (χ1v) is 19.6. The smallest absolute Gasteiger partial charge is 0.465 e. The quantitative estimate of drug-likeness (QED) is 0.0383. The average Bonchev–Trinajstić information content (AvgIpc) is 3.45. The number of nitrogens with two attached hydrogens (primary N) is 1. The molecule has 3 fully saturated rings. The van der Waals surface area contributed by atoms with Crippen LogP contribution >= 0.6 is 0 Å². The number of benzene rings is 1. The number of rotatable bonds is 19. The maximum atomic E-state index is 14.4. The molecule has 19 nitrogen and oxygen atoms in total. The van der Waals surface area contributed by atoms with Gasteiger partial charge in [0.05, 0.1) is 36.7 Å². The molecule has 1 aromatic rings. The van der Waals surface area contributed by atoms with E-state index in [2.05, 4.69) is 16.6 Å². The van der Waals surface area contributed by atoms with Gasteiger partial charge in [-0.3, -0.25) is 49.7 Å². The second-order valence-electron chi connectivity index (χ2n) is 16.1. The highest BCUT2D eigenvalue weighted by Gasteiger charge is 2.70. The first kappa shape index (κ1) is 45.2. The lowest BCUT2D eigenvalue weighted by Gasteiger charge is -2.60. The highest BCUT2D eigenvalue weighted by molar-refractivity contribution is 5.93. The van der Waals surface area contributed by atoms with Crippen LogP contribution in [0.15, 0.2) is 35.9 Å². The number of fused-ring (bicyclic) bond motifs is 5. The summed E-state index contributed by atoms with van der Waals surface area (Å²) in [7, 11) is 0. The van der Waals surface area contributed by atoms with E-state index in [1.807, 2.05) is 6.92 Å². The van der Waals surface area contributed by atoms with E-state index in [1.54, 1.807) is 18.2 Å². The van der Waals surface area contributed by atoms with Crippen molar-refractivity contribution in [2.24, 2.45) is 34.3 Å². The van der Waals surface area contributed by atoms with Crippen molar-refractivity contribution in [3.63, 3.8) is 0 Å². The van der Waals surface area contributed by atoms with E-state index in [0.717, 1.165) is 5.57 Å². The lowest BCUT2D eigenvalue weighted by Crippen LogP contribution is -2.63. The number of nitrogens with zero attached hydrogens (tertiary/aromatic N) is 2. The van der Waals surface area contributed by atoms with Gasteiger partial charge < -0.3 is 29.8 Å². The molecular weight excluding hydrogens is 766 g/mol. The van der Waals surface area contributed by atoms with Crippen LogP contribution in [-0.2, 0) is 49.5 Å². The molecule has 0 aromatic heterocycles. The summed E-state index contributed by atoms with van der Waals surface area (Å²) in [5, 5.41) is 45.7. The number of aliphatic hydroxyl groups is 1. The van der Waals surface area contributed by atoms with Crippen LogP contribution in [-0.4, -0.2) is 111 Å². The van der Waals surface area contributed by atoms with Gasteiger partial charge in [-0.05, 0) is 111 Å². The number of carbonyl (C=O) groups is 5. The standard InChI is InChI=1S/C39H55N3O16/c1-37-15-13-26(43)21-25(37)9-12-28-29-14-16-39(38(29,2)22-31(44)34(28)37,58-33(46)6-5-19-56-42(51)52)32(45)23-54-36(48)57-27-10-7-24(8-11-27)20-30(40)35(47)53-17-3-4-18-55-41(49)50/h7-8,10-11,21,28-31,34,44,49-52H,3-6,9,12-20,22-23,40H2,1-2H3/t28?,29?,30-,31-,34+,37-,38-,39-/m0/s1. The monoisotopic (exact) mass is 821 g/mol. The van der Waals surface area contributed by atoms with Crippen LogP contribution in [0.3, 0.4) is 0 Å². The zero-order valence-corrected chi connectivity index (χ0v) is 32.8. The third kappa shape index (κ3) is 10.3. The molecule has 58 heavy (non-hydrogen) atoms. The number of Topliss-reactive ketones (excluding diaryl/α,β-unsaturated/α-hetero) is 1. The molecule has 1 aromatic carbocycles. The van der Waals surface area contributed by atoms with E-state index < -0.39 is 64.4 Å². The van der Waals surface area contributed by atoms with Crippen molar-refractivity contribution in [3.8, 4) is 5.75 Å². The molecule has 8 atom stereocenters. The van der Waals surface area contributed by atoms with Gasteiger partial charge in [0.2, 0.25) is 5.78 Å². The molecule has 322 valence electrons. The van der Waals surface area contributed by atoms with E-state index >= 15 is 0 Å². The fraction of sp³-hybridized carbons (Fsp3) is 0.667. The van der Waals surface area contributed by atoms with Gasteiger partial charge in [0.15, 0.2) is 18.0 Å². The Morgan fingerprint density at radius 3 is 2.26 bits per heavy atom. The first-order valence-electron chi connectivity index (χ1n) is 19.6. The van der Waals surface area contributed by atoms with Gasteiger partial charge in [-0.25, -0.2) is 4.79 Å². The van der Waals surface area contributed by atoms with Gasteiger partial charge in [0.1, 0.15) is 11.8 Å². The number of esters is 2. The molecule has 0 spiro atoms. The number of aliphatic hydroxyl groups excluding tert-OH is 1. The molecule has 19 heteroatoms. The topological polar surface area (TPSA) is 274 Å². The summed E-state index contributed by atoms with van der Waals surface area (Å²) in [6.07, 6.45) is 3.56. The van der Waals surface area contributed by atoms with Crippen LogP contribution in [0.2, 0.25) is 0 Å². The molecule has 4 aliphatic rings. The van der Waals surface area contributed by atoms with E-state index in [0.29, 0.717) is 50.5 Å². The maximum absolute atomic E-state index is 14.4. The molecule has 0 saturated heterocycles. The van der Waals surface area contributed by atoms with E-state index in [4.69, 9.17) is 45.5 Å². The number of hydrogen-bond acceptors (Lipinski definition) is 19. The minimum atomic E-state index is -1.76. The fourth-order valence-electron chi connectivity index (χ4n) is 9.99. The predicted octanol–water partition coefficient (Wildman–Crippen LogP) is 3.55. The van der Waals surface area contributed by atoms with Crippen LogP contribution in [0.25, 0.3) is 0 Å². The molecule has 4 aliphatic carbocycles. The Kier molecular flexibility index (Phi) is 15.2. The summed E-state index contributed by atoms with van der Waals surface area (Å²) in [6, 6.07) is 5.10. The third-order valence-corrected chi connectivity index (χ3v) is 12.7. The van der Waals surface area contributed by atoms with E-state index in [-0.39, 0.29) is 86.6 Å². The van der Waals surface area contributed by atoms with Crippen molar-refractivity contribution in [2.75, 3.05) is 26.4 Å². The largest absolute Gasteiger partial charge is 0.514 e. The second kappa shape index (κ2) is 19.4. The lowest BCUT2D eigenvalue weighted by molar-refractivity contribution is -0.492. The summed E-state index contributed by atoms with van der Waals surface area (Å²) in [5.74, 6) is -2.21. The number of ether oxygens (including phenoxy) is 4. The Morgan fingerprint density at radius 1 is 0.897 bits per heavy atom. The Hall–Kier alpha value is -3.89. The van der Waals surface area contributed by atoms with Crippen LogP contribution in [0.4, 0.5) is 4.79 Å². The van der Waals surface area contributed by atoms with Crippen molar-refractivity contribution < 1.29 is 78.5 Å². The normalized spacial score (nSPS) is 29.5. The Balaban J connectivity index is 1.21. The summed E-state index contributed by atoms with van der Waals surface area (Å²) in [6.45, 7) is 3.01. The van der Waals surface area contributed by atoms with E-state index in [1.165, 1.54) is 12.1 Å². The second-order valence-corrected chi connectivity index (χ2v) is 16.1. The number of allylic oxidation sites excluding steroid dienone is 1. The molecule has 2 unspecified atom stereocenters. The fourth-order valence-corrected chi connectivity index (χ4v) is 9.99. The number of hydrogen-bond donors (Lipinski definition) is 6. The summed E-state index contributed by atoms with van der Waals surface area (Å²) < 4.78 is 21.9. The molecule has 0 radical (unpaired) electrons. The Bertz CT molecular complexity index is 1670. The average molecular weight is 822 g/mol. The maximum Gasteiger partial charge on any atom is 0.514 e. The van der Waals surface area contributed by atoms with Crippen molar-refractivity contribution in [3.05, 3.63) is 41.5 Å². The number of unbranched alkanes of at least 4 members (excludes halogenated alkanes) is 1. The Labute approximate surface area is 335 Å². The number of ketones is 2. The van der Waals surface area contributed by atoms with Gasteiger partial charge >= 0.3 is 18.1 Å². The van der Waals surface area contributed by atoms with Gasteiger partial charge in [0, 0.05) is 18.3 Å². The minimum Gasteiger partial charge on any atom is -0.465 e.